The Labute approximate surface area is 108 Å². The minimum atomic E-state index is -0.972. The van der Waals surface area contributed by atoms with E-state index in [-0.39, 0.29) is 23.4 Å². The van der Waals surface area contributed by atoms with E-state index in [0.29, 0.717) is 10.7 Å². The molecule has 0 saturated carbocycles. The minimum absolute atomic E-state index is 0.0442. The Bertz CT molecular complexity index is 466. The van der Waals surface area contributed by atoms with E-state index >= 15 is 0 Å². The van der Waals surface area contributed by atoms with Gasteiger partial charge in [-0.15, -0.1) is 11.3 Å². The van der Waals surface area contributed by atoms with E-state index in [2.05, 4.69) is 15.6 Å². The lowest BCUT2D eigenvalue weighted by Crippen LogP contribution is -2.39. The van der Waals surface area contributed by atoms with Crippen molar-refractivity contribution in [1.29, 1.82) is 0 Å². The molecule has 0 aromatic carbocycles. The number of nitrogens with zero attached hydrogens (tertiary/aromatic N) is 1. The molecule has 1 aliphatic heterocycles. The molecule has 0 radical (unpaired) electrons. The first-order valence-electron chi connectivity index (χ1n) is 5.78. The first-order chi connectivity index (χ1) is 8.58. The summed E-state index contributed by atoms with van der Waals surface area (Å²) in [6, 6.07) is -0.120. The van der Waals surface area contributed by atoms with Gasteiger partial charge in [-0.2, -0.15) is 0 Å². The fraction of sp³-hybridized carbons (Fsp3) is 0.545. The van der Waals surface area contributed by atoms with Crippen LogP contribution in [0.5, 0.6) is 0 Å². The number of nitrogens with one attached hydrogen (secondary N) is 2. The van der Waals surface area contributed by atoms with E-state index in [1.807, 2.05) is 0 Å². The van der Waals surface area contributed by atoms with Gasteiger partial charge in [0.05, 0.1) is 18.3 Å². The van der Waals surface area contributed by atoms with Crippen LogP contribution in [0.1, 0.15) is 33.2 Å². The Balaban J connectivity index is 1.91. The summed E-state index contributed by atoms with van der Waals surface area (Å²) in [7, 11) is 0. The van der Waals surface area contributed by atoms with Gasteiger partial charge in [0.25, 0.3) is 0 Å². The lowest BCUT2D eigenvalue weighted by atomic mass is 10.2. The van der Waals surface area contributed by atoms with Crippen LogP contribution in [0.3, 0.4) is 0 Å². The Morgan fingerprint density at radius 1 is 1.61 bits per heavy atom. The molecule has 18 heavy (non-hydrogen) atoms. The second-order valence-electron chi connectivity index (χ2n) is 4.19. The van der Waals surface area contributed by atoms with Crippen LogP contribution < -0.4 is 10.6 Å². The zero-order valence-electron chi connectivity index (χ0n) is 10.0. The van der Waals surface area contributed by atoms with Gasteiger partial charge in [0, 0.05) is 0 Å². The maximum absolute atomic E-state index is 11.7. The highest BCUT2D eigenvalue weighted by Crippen LogP contribution is 2.17. The molecule has 0 bridgehead atoms. The quantitative estimate of drug-likeness (QED) is 0.741. The standard InChI is InChI=1S/C11H15N3O3S/c1-6-9(11(16)17)18-8(14-6)5-13-10(15)7-3-2-4-12-7/h7,12H,2-5H2,1H3,(H,13,15)(H,16,17)/t7-/m0/s1. The summed E-state index contributed by atoms with van der Waals surface area (Å²) < 4.78 is 0. The Morgan fingerprint density at radius 2 is 2.39 bits per heavy atom. The molecule has 1 saturated heterocycles. The number of amides is 1. The number of carbonyl (C=O) groups is 2. The summed E-state index contributed by atoms with van der Waals surface area (Å²) in [6.45, 7) is 2.82. The molecule has 0 spiro atoms. The predicted molar refractivity (Wildman–Crippen MR) is 66.7 cm³/mol. The number of aromatic nitrogens is 1. The Kier molecular flexibility index (Phi) is 3.93. The highest BCUT2D eigenvalue weighted by Gasteiger charge is 2.22. The fourth-order valence-corrected chi connectivity index (χ4v) is 2.76. The van der Waals surface area contributed by atoms with Crippen molar-refractivity contribution in [2.45, 2.75) is 32.4 Å². The van der Waals surface area contributed by atoms with Gasteiger partial charge >= 0.3 is 5.97 Å². The van der Waals surface area contributed by atoms with Crippen molar-refractivity contribution in [3.8, 4) is 0 Å². The fourth-order valence-electron chi connectivity index (χ4n) is 1.92. The van der Waals surface area contributed by atoms with E-state index in [1.165, 1.54) is 0 Å². The van der Waals surface area contributed by atoms with Crippen molar-refractivity contribution in [3.05, 3.63) is 15.6 Å². The molecule has 7 heteroatoms. The molecule has 1 atom stereocenters. The average Bonchev–Trinajstić information content (AvgIpc) is 2.94. The van der Waals surface area contributed by atoms with Crippen LogP contribution in [0.4, 0.5) is 0 Å². The molecule has 2 heterocycles. The van der Waals surface area contributed by atoms with Crippen LogP contribution in [0.15, 0.2) is 0 Å². The number of carboxylic acids is 1. The number of carboxylic acid groups (broad SMARTS) is 1. The van der Waals surface area contributed by atoms with E-state index in [9.17, 15) is 9.59 Å². The summed E-state index contributed by atoms with van der Waals surface area (Å²) in [4.78, 5) is 27.0. The van der Waals surface area contributed by atoms with Gasteiger partial charge in [-0.25, -0.2) is 9.78 Å². The molecule has 98 valence electrons. The molecule has 0 unspecified atom stereocenters. The summed E-state index contributed by atoms with van der Waals surface area (Å²) in [6.07, 6.45) is 1.86. The number of aryl methyl sites for hydroxylation is 1. The molecule has 3 N–H and O–H groups in total. The smallest absolute Gasteiger partial charge is 0.347 e. The topological polar surface area (TPSA) is 91.3 Å². The summed E-state index contributed by atoms with van der Waals surface area (Å²) in [5, 5.41) is 15.4. The van der Waals surface area contributed by atoms with Crippen molar-refractivity contribution in [2.24, 2.45) is 0 Å². The van der Waals surface area contributed by atoms with Gasteiger partial charge in [0.15, 0.2) is 0 Å². The van der Waals surface area contributed by atoms with Crippen LogP contribution in [-0.4, -0.2) is 34.6 Å². The first-order valence-corrected chi connectivity index (χ1v) is 6.60. The minimum Gasteiger partial charge on any atom is -0.477 e. The van der Waals surface area contributed by atoms with Crippen LogP contribution >= 0.6 is 11.3 Å². The molecule has 1 aromatic heterocycles. The highest BCUT2D eigenvalue weighted by molar-refractivity contribution is 7.13. The van der Waals surface area contributed by atoms with E-state index in [4.69, 9.17) is 5.11 Å². The van der Waals surface area contributed by atoms with Crippen molar-refractivity contribution in [2.75, 3.05) is 6.54 Å². The van der Waals surface area contributed by atoms with Crippen molar-refractivity contribution < 1.29 is 14.7 Å². The number of thiazole rings is 1. The van der Waals surface area contributed by atoms with Crippen molar-refractivity contribution in [3.63, 3.8) is 0 Å². The van der Waals surface area contributed by atoms with E-state index in [1.54, 1.807) is 6.92 Å². The lowest BCUT2D eigenvalue weighted by Gasteiger charge is -2.09. The Morgan fingerprint density at radius 3 is 2.94 bits per heavy atom. The maximum atomic E-state index is 11.7. The summed E-state index contributed by atoms with van der Waals surface area (Å²) in [5.41, 5.74) is 0.496. The van der Waals surface area contributed by atoms with Gasteiger partial charge in [0.1, 0.15) is 9.88 Å². The maximum Gasteiger partial charge on any atom is 0.347 e. The third-order valence-corrected chi connectivity index (χ3v) is 3.97. The third-order valence-electron chi connectivity index (χ3n) is 2.83. The number of rotatable bonds is 4. The van der Waals surface area contributed by atoms with Gasteiger partial charge in [0.2, 0.25) is 5.91 Å². The van der Waals surface area contributed by atoms with Gasteiger partial charge in [-0.1, -0.05) is 0 Å². The Hall–Kier alpha value is -1.47. The normalized spacial score (nSPS) is 18.8. The lowest BCUT2D eigenvalue weighted by molar-refractivity contribution is -0.122. The second-order valence-corrected chi connectivity index (χ2v) is 5.28. The average molecular weight is 269 g/mol. The second kappa shape index (κ2) is 5.45. The van der Waals surface area contributed by atoms with Crippen LogP contribution in [0.25, 0.3) is 0 Å². The number of carbonyl (C=O) groups excluding carboxylic acids is 1. The molecule has 1 aromatic rings. The number of hydrogen-bond donors (Lipinski definition) is 3. The van der Waals surface area contributed by atoms with Gasteiger partial charge in [-0.05, 0) is 26.3 Å². The van der Waals surface area contributed by atoms with E-state index < -0.39 is 5.97 Å². The molecule has 1 aliphatic rings. The third kappa shape index (κ3) is 2.85. The van der Waals surface area contributed by atoms with Crippen LogP contribution in [0, 0.1) is 6.92 Å². The van der Waals surface area contributed by atoms with Gasteiger partial charge in [-0.3, -0.25) is 4.79 Å². The number of hydrogen-bond acceptors (Lipinski definition) is 5. The monoisotopic (exact) mass is 269 g/mol. The van der Waals surface area contributed by atoms with E-state index in [0.717, 1.165) is 30.7 Å². The SMILES string of the molecule is Cc1nc(CNC(=O)[C@@H]2CCCN2)sc1C(=O)O. The zero-order valence-corrected chi connectivity index (χ0v) is 10.8. The van der Waals surface area contributed by atoms with Crippen molar-refractivity contribution >= 4 is 23.2 Å². The largest absolute Gasteiger partial charge is 0.477 e. The predicted octanol–water partition coefficient (Wildman–Crippen LogP) is 0.518. The molecular weight excluding hydrogens is 254 g/mol. The summed E-state index contributed by atoms with van der Waals surface area (Å²) in [5.74, 6) is -1.02. The van der Waals surface area contributed by atoms with Crippen LogP contribution in [-0.2, 0) is 11.3 Å². The van der Waals surface area contributed by atoms with Gasteiger partial charge < -0.3 is 15.7 Å². The first kappa shape index (κ1) is 13.0. The van der Waals surface area contributed by atoms with Crippen molar-refractivity contribution in [1.82, 2.24) is 15.6 Å². The summed E-state index contributed by atoms with van der Waals surface area (Å²) >= 11 is 1.11. The number of aromatic carboxylic acids is 1. The molecule has 1 amide bonds. The molecular formula is C11H15N3O3S. The van der Waals surface area contributed by atoms with Crippen LogP contribution in [0.2, 0.25) is 0 Å². The molecule has 2 rings (SSSR count). The molecule has 1 fully saturated rings. The molecule has 6 nitrogen and oxygen atoms in total. The zero-order chi connectivity index (χ0) is 13.1. The highest BCUT2D eigenvalue weighted by atomic mass is 32.1. The molecule has 0 aliphatic carbocycles.